The molecule has 4 nitrogen and oxygen atoms in total. The van der Waals surface area contributed by atoms with E-state index in [4.69, 9.17) is 18.6 Å². The first-order valence-corrected chi connectivity index (χ1v) is 21.6. The quantitative estimate of drug-likeness (QED) is 0.0601. The largest absolute Gasteiger partial charge is 0.278 e. The molecule has 1 fully saturated rings. The minimum atomic E-state index is -4.94. The second-order valence-electron chi connectivity index (χ2n) is 10.7. The van der Waals surface area contributed by atoms with E-state index in [9.17, 15) is 22.0 Å². The van der Waals surface area contributed by atoms with E-state index in [2.05, 4.69) is 87.0 Å². The summed E-state index contributed by atoms with van der Waals surface area (Å²) in [6.45, 7) is 17.2. The smallest absolute Gasteiger partial charge is 0.0893 e. The molecule has 15 heteroatoms. The van der Waals surface area contributed by atoms with Gasteiger partial charge in [0, 0.05) is 66.0 Å². The predicted molar refractivity (Wildman–Crippen MR) is 191 cm³/mol. The van der Waals surface area contributed by atoms with Crippen LogP contribution in [0.2, 0.25) is 0 Å². The average molecular weight is 1180 g/mol. The van der Waals surface area contributed by atoms with Gasteiger partial charge in [0.25, 0.3) is 0 Å². The fourth-order valence-corrected chi connectivity index (χ4v) is 8.75. The Morgan fingerprint density at radius 1 is 0.472 bits per heavy atom. The van der Waals surface area contributed by atoms with Crippen molar-refractivity contribution in [2.45, 2.75) is 12.8 Å². The molecule has 1 heterocycles. The van der Waals surface area contributed by atoms with Gasteiger partial charge in [-0.3, -0.25) is 8.78 Å². The summed E-state index contributed by atoms with van der Waals surface area (Å²) < 4.78 is 93.8. The van der Waals surface area contributed by atoms with Crippen molar-refractivity contribution >= 4 is 47.5 Å². The molecule has 0 saturated carbocycles. The number of hydrogen-bond acceptors (Lipinski definition) is 5. The second-order valence-corrected chi connectivity index (χ2v) is 18.6. The summed E-state index contributed by atoms with van der Waals surface area (Å²) in [7, 11) is -8.24. The van der Waals surface area contributed by atoms with E-state index in [1.807, 2.05) is 72.8 Å². The van der Waals surface area contributed by atoms with Gasteiger partial charge in [-0.1, -0.05) is 72.8 Å². The topological polar surface area (TPSA) is 92.2 Å². The van der Waals surface area contributed by atoms with Crippen LogP contribution in [-0.4, -0.2) is 11.5 Å². The van der Waals surface area contributed by atoms with Crippen LogP contribution in [0.4, 0.5) is 22.0 Å². The molecule has 0 aromatic heterocycles. The van der Waals surface area contributed by atoms with Crippen LogP contribution in [0, 0.1) is 72.1 Å². The van der Waals surface area contributed by atoms with E-state index < -0.39 is 53.9 Å². The molecule has 0 unspecified atom stereocenters. The third kappa shape index (κ3) is 18.8. The van der Waals surface area contributed by atoms with E-state index in [0.717, 1.165) is 6.07 Å². The van der Waals surface area contributed by atoms with Gasteiger partial charge in [-0.05, 0) is 72.9 Å². The molecule has 6 rings (SSSR count). The third-order valence-electron chi connectivity index (χ3n) is 6.82. The van der Waals surface area contributed by atoms with Gasteiger partial charge in [0.15, 0.2) is 0 Å². The molecule has 0 amide bonds. The first-order valence-electron chi connectivity index (χ1n) is 14.9. The minimum absolute atomic E-state index is 0. The maximum atomic E-state index is 12.0. The van der Waals surface area contributed by atoms with Gasteiger partial charge in [0.1, 0.15) is 0 Å². The predicted octanol–water partition coefficient (Wildman–Crippen LogP) is 5.41. The van der Waals surface area contributed by atoms with Crippen molar-refractivity contribution in [3.8, 4) is 0 Å². The maximum Gasteiger partial charge on any atom is 0.0893 e. The summed E-state index contributed by atoms with van der Waals surface area (Å²) in [5, 5.41) is 4.99. The molecule has 5 aromatic rings. The number of thioether (sulfide) groups is 1. The average Bonchev–Trinajstić information content (AvgIpc) is 3.72. The summed E-state index contributed by atoms with van der Waals surface area (Å²) >= 11 is 2.07. The number of rotatable bonds is 4. The Bertz CT molecular complexity index is 1520. The SMILES string of the molecule is C1CCSC1.Fc1[c-]c(F)c(F)c(F)c1F.[Au].[Au].[CH2-][P+]([CH2-])(c1ccccc1)c1ccccc1.[CH2-][P+]([CH2-])(c1ccccc1)c1ccccc1.[O-][Cl+3]([O-])([O-])[O-]. The van der Waals surface area contributed by atoms with E-state index in [1.54, 1.807) is 0 Å². The van der Waals surface area contributed by atoms with E-state index in [1.165, 1.54) is 45.6 Å². The van der Waals surface area contributed by atoms with Crippen molar-refractivity contribution in [2.24, 2.45) is 0 Å². The molecule has 296 valence electrons. The van der Waals surface area contributed by atoms with Crippen molar-refractivity contribution in [2.75, 3.05) is 11.5 Å². The summed E-state index contributed by atoms with van der Waals surface area (Å²) in [6, 6.07) is 42.4. The normalized spacial score (nSPS) is 11.9. The van der Waals surface area contributed by atoms with Crippen molar-refractivity contribution < 1.29 is 95.6 Å². The van der Waals surface area contributed by atoms with Gasteiger partial charge >= 0.3 is 0 Å². The zero-order valence-electron chi connectivity index (χ0n) is 28.0. The molecule has 2 radical (unpaired) electrons. The van der Waals surface area contributed by atoms with E-state index in [0.29, 0.717) is 0 Å². The van der Waals surface area contributed by atoms with Gasteiger partial charge in [0.05, 0.1) is 29.1 Å². The third-order valence-corrected chi connectivity index (χ3v) is 13.1. The van der Waals surface area contributed by atoms with Crippen LogP contribution in [0.3, 0.4) is 0 Å². The Morgan fingerprint density at radius 2 is 0.698 bits per heavy atom. The van der Waals surface area contributed by atoms with Crippen LogP contribution in [0.15, 0.2) is 121 Å². The first kappa shape index (κ1) is 51.6. The van der Waals surface area contributed by atoms with Crippen LogP contribution in [0.25, 0.3) is 0 Å². The molecular weight excluding hydrogens is 1140 g/mol. The molecule has 1 saturated heterocycles. The molecule has 1 aliphatic rings. The van der Waals surface area contributed by atoms with Gasteiger partial charge in [-0.25, -0.2) is 31.8 Å². The fraction of sp³-hybridized carbons (Fsp3) is 0.105. The molecule has 0 aliphatic carbocycles. The monoisotopic (exact) mass is 1170 g/mol. The summed E-state index contributed by atoms with van der Waals surface area (Å²) in [5.74, 6) is -7.21. The zero-order valence-corrected chi connectivity index (χ0v) is 35.7. The number of hydrogen-bond donors (Lipinski definition) is 0. The molecule has 0 bridgehead atoms. The standard InChI is InChI=1S/2C14H14P.C6F5.C4H8S.2Au.ClHO4/c2*1-15(2,13-9-5-3-6-10-13)14-11-7-4-8-12-14;7-2-1-3(8)5(10)6(11)4(2)9;1-2-4-5-3-1;;;2-1(3,4)5/h2*3-12H,1-2H2;;1-4H2;;;(H,2,3,4,5)/q3*-1;;;;/p-1. The number of benzene rings is 5. The second kappa shape index (κ2) is 25.7. The Hall–Kier alpha value is -1.43. The minimum Gasteiger partial charge on any atom is -0.278 e. The van der Waals surface area contributed by atoms with E-state index >= 15 is 0 Å². The van der Waals surface area contributed by atoms with Gasteiger partial charge in [0.2, 0.25) is 0 Å². The molecule has 1 aliphatic heterocycles. The summed E-state index contributed by atoms with van der Waals surface area (Å²) in [6.07, 6.45) is 2.93. The van der Waals surface area contributed by atoms with Crippen LogP contribution in [0.5, 0.6) is 0 Å². The molecule has 0 N–H and O–H groups in total. The van der Waals surface area contributed by atoms with Crippen LogP contribution in [-0.2, 0) is 44.8 Å². The Morgan fingerprint density at radius 3 is 0.887 bits per heavy atom. The maximum absolute atomic E-state index is 12.0. The summed E-state index contributed by atoms with van der Waals surface area (Å²) in [4.78, 5) is 0. The molecule has 53 heavy (non-hydrogen) atoms. The Kier molecular flexibility index (Phi) is 25.0. The van der Waals surface area contributed by atoms with Crippen molar-refractivity contribution in [1.29, 1.82) is 0 Å². The van der Waals surface area contributed by atoms with Crippen LogP contribution < -0.4 is 39.9 Å². The van der Waals surface area contributed by atoms with Gasteiger partial charge in [-0.15, -0.1) is 16.3 Å². The molecular formula is C38H36Au2ClF5O4P2S-4. The molecule has 0 atom stereocenters. The van der Waals surface area contributed by atoms with Crippen molar-refractivity contribution in [3.05, 3.63) is 183 Å². The van der Waals surface area contributed by atoms with Gasteiger partial charge < -0.3 is 0 Å². The van der Waals surface area contributed by atoms with E-state index in [-0.39, 0.29) is 44.8 Å². The zero-order chi connectivity index (χ0) is 38.1. The van der Waals surface area contributed by atoms with Crippen molar-refractivity contribution in [1.82, 2.24) is 0 Å². The summed E-state index contributed by atoms with van der Waals surface area (Å²) in [5.41, 5.74) is 0. The van der Waals surface area contributed by atoms with Crippen molar-refractivity contribution in [3.63, 3.8) is 0 Å². The van der Waals surface area contributed by atoms with Crippen LogP contribution >= 0.6 is 26.3 Å². The Balaban J connectivity index is 0.000000672. The van der Waals surface area contributed by atoms with Crippen LogP contribution in [0.1, 0.15) is 12.8 Å². The fourth-order valence-electron chi connectivity index (χ4n) is 4.16. The molecule has 5 aromatic carbocycles. The first-order chi connectivity index (χ1) is 24.0. The van der Waals surface area contributed by atoms with Gasteiger partial charge in [-0.2, -0.15) is 52.9 Å². The number of halogens is 6. The molecule has 0 spiro atoms. The Labute approximate surface area is 348 Å².